The minimum absolute atomic E-state index is 0.0299. The van der Waals surface area contributed by atoms with Gasteiger partial charge in [-0.05, 0) is 34.0 Å². The van der Waals surface area contributed by atoms with Crippen LogP contribution in [0.5, 0.6) is 0 Å². The van der Waals surface area contributed by atoms with Gasteiger partial charge in [0.2, 0.25) is 11.1 Å². The Labute approximate surface area is 162 Å². The lowest BCUT2D eigenvalue weighted by atomic mass is 10.3. The lowest BCUT2D eigenvalue weighted by Gasteiger charge is -2.15. The highest BCUT2D eigenvalue weighted by atomic mass is 35.5. The minimum Gasteiger partial charge on any atom is -0.340 e. The topological polar surface area (TPSA) is 63.9 Å². The molecule has 3 rings (SSSR count). The van der Waals surface area contributed by atoms with Gasteiger partial charge in [-0.15, -0.1) is 27.8 Å². The molecule has 1 amide bonds. The predicted octanol–water partition coefficient (Wildman–Crippen LogP) is 3.44. The Morgan fingerprint density at radius 1 is 1.36 bits per heavy atom. The summed E-state index contributed by atoms with van der Waals surface area (Å²) in [6, 6.07) is 7.91. The third-order valence-electron chi connectivity index (χ3n) is 3.42. The maximum atomic E-state index is 12.3. The average Bonchev–Trinajstić information content (AvgIpc) is 3.33. The van der Waals surface area contributed by atoms with Crippen LogP contribution in [0.2, 0.25) is 4.34 Å². The molecule has 0 atom stereocenters. The van der Waals surface area contributed by atoms with Crippen molar-refractivity contribution in [1.29, 1.82) is 0 Å². The lowest BCUT2D eigenvalue weighted by molar-refractivity contribution is -0.127. The van der Waals surface area contributed by atoms with Crippen LogP contribution in [0.1, 0.15) is 9.75 Å². The molecular weight excluding hydrogens is 398 g/mol. The summed E-state index contributed by atoms with van der Waals surface area (Å²) < 4.78 is 2.48. The van der Waals surface area contributed by atoms with E-state index in [2.05, 4.69) is 27.0 Å². The number of carbonyl (C=O) groups excluding carboxylic acids is 1. The summed E-state index contributed by atoms with van der Waals surface area (Å²) in [5.74, 6) is 0.331. The van der Waals surface area contributed by atoms with Crippen LogP contribution >= 0.6 is 46.0 Å². The van der Waals surface area contributed by atoms with Gasteiger partial charge in [-0.1, -0.05) is 29.4 Å². The fourth-order valence-electron chi connectivity index (χ4n) is 2.11. The van der Waals surface area contributed by atoms with Gasteiger partial charge in [-0.3, -0.25) is 4.79 Å². The van der Waals surface area contributed by atoms with Crippen molar-refractivity contribution in [3.8, 4) is 0 Å². The fraction of sp³-hybridized carbons (Fsp3) is 0.333. The summed E-state index contributed by atoms with van der Waals surface area (Å²) in [7, 11) is 1.79. The number of thioether (sulfide) groups is 1. The Morgan fingerprint density at radius 3 is 2.96 bits per heavy atom. The monoisotopic (exact) mass is 413 g/mol. The number of hydrogen-bond donors (Lipinski definition) is 0. The SMILES string of the molecule is CN(Cc1ccc(Cl)s1)C(=O)CSc1nnnn1CCc1cccs1. The summed E-state index contributed by atoms with van der Waals surface area (Å²) in [5.41, 5.74) is 0. The maximum absolute atomic E-state index is 12.3. The smallest absolute Gasteiger partial charge is 0.233 e. The van der Waals surface area contributed by atoms with Gasteiger partial charge < -0.3 is 4.90 Å². The van der Waals surface area contributed by atoms with Crippen LogP contribution in [0.3, 0.4) is 0 Å². The molecule has 0 aliphatic rings. The number of hydrogen-bond acceptors (Lipinski definition) is 7. The number of aromatic nitrogens is 4. The van der Waals surface area contributed by atoms with Crippen molar-refractivity contribution in [3.05, 3.63) is 43.7 Å². The highest BCUT2D eigenvalue weighted by Crippen LogP contribution is 2.23. The van der Waals surface area contributed by atoms with Gasteiger partial charge in [0, 0.05) is 23.2 Å². The molecule has 3 aromatic heterocycles. The number of amides is 1. The van der Waals surface area contributed by atoms with Crippen molar-refractivity contribution in [2.24, 2.45) is 0 Å². The van der Waals surface area contributed by atoms with E-state index in [-0.39, 0.29) is 5.91 Å². The summed E-state index contributed by atoms with van der Waals surface area (Å²) >= 11 is 10.5. The Balaban J connectivity index is 1.49. The van der Waals surface area contributed by atoms with Crippen molar-refractivity contribution in [3.63, 3.8) is 0 Å². The van der Waals surface area contributed by atoms with E-state index in [1.54, 1.807) is 28.0 Å². The van der Waals surface area contributed by atoms with Crippen LogP contribution in [0, 0.1) is 0 Å². The van der Waals surface area contributed by atoms with Crippen LogP contribution in [0.25, 0.3) is 0 Å². The first-order chi connectivity index (χ1) is 12.1. The van der Waals surface area contributed by atoms with Gasteiger partial charge >= 0.3 is 0 Å². The standard InChI is InChI=1S/C15H16ClN5OS3/c1-20(9-12-4-5-13(16)25-12)14(22)10-24-15-17-18-19-21(15)7-6-11-3-2-8-23-11/h2-5,8H,6-7,9-10H2,1H3. The molecule has 0 bridgehead atoms. The number of aryl methyl sites for hydroxylation is 2. The molecule has 0 saturated carbocycles. The van der Waals surface area contributed by atoms with Crippen LogP contribution in [0.15, 0.2) is 34.8 Å². The van der Waals surface area contributed by atoms with Gasteiger partial charge in [0.05, 0.1) is 23.2 Å². The molecule has 0 fully saturated rings. The number of rotatable bonds is 8. The largest absolute Gasteiger partial charge is 0.340 e. The first kappa shape index (κ1) is 18.4. The van der Waals surface area contributed by atoms with Crippen LogP contribution in [-0.4, -0.2) is 43.8 Å². The molecule has 3 heterocycles. The summed E-state index contributed by atoms with van der Waals surface area (Å²) in [5, 5.41) is 14.5. The van der Waals surface area contributed by atoms with Crippen molar-refractivity contribution >= 4 is 51.9 Å². The lowest BCUT2D eigenvalue weighted by Crippen LogP contribution is -2.27. The zero-order valence-electron chi connectivity index (χ0n) is 13.5. The number of thiophene rings is 2. The van der Waals surface area contributed by atoms with Gasteiger partial charge in [-0.2, -0.15) is 0 Å². The second-order valence-electron chi connectivity index (χ2n) is 5.26. The van der Waals surface area contributed by atoms with E-state index in [0.29, 0.717) is 24.0 Å². The predicted molar refractivity (Wildman–Crippen MR) is 102 cm³/mol. The Hall–Kier alpha value is -1.42. The molecule has 0 radical (unpaired) electrons. The average molecular weight is 414 g/mol. The molecule has 0 saturated heterocycles. The minimum atomic E-state index is 0.0299. The normalized spacial score (nSPS) is 11.0. The van der Waals surface area contributed by atoms with E-state index in [1.807, 2.05) is 18.2 Å². The Kier molecular flexibility index (Phi) is 6.46. The molecule has 132 valence electrons. The second-order valence-corrected chi connectivity index (χ2v) is 9.03. The molecule has 3 aromatic rings. The van der Waals surface area contributed by atoms with Crippen LogP contribution < -0.4 is 0 Å². The highest BCUT2D eigenvalue weighted by molar-refractivity contribution is 7.99. The van der Waals surface area contributed by atoms with E-state index in [1.165, 1.54) is 28.0 Å². The molecule has 0 N–H and O–H groups in total. The third-order valence-corrected chi connectivity index (χ3v) is 6.52. The molecule has 10 heteroatoms. The van der Waals surface area contributed by atoms with E-state index in [0.717, 1.165) is 15.6 Å². The summed E-state index contributed by atoms with van der Waals surface area (Å²) in [6.07, 6.45) is 0.878. The quantitative estimate of drug-likeness (QED) is 0.529. The van der Waals surface area contributed by atoms with E-state index < -0.39 is 0 Å². The Morgan fingerprint density at radius 2 is 2.24 bits per heavy atom. The number of halogens is 1. The van der Waals surface area contributed by atoms with E-state index in [4.69, 9.17) is 11.6 Å². The van der Waals surface area contributed by atoms with Gasteiger partial charge in [0.1, 0.15) is 0 Å². The first-order valence-corrected chi connectivity index (χ1v) is 10.6. The van der Waals surface area contributed by atoms with Gasteiger partial charge in [0.25, 0.3) is 0 Å². The Bertz CT molecular complexity index is 817. The molecule has 0 aliphatic heterocycles. The number of nitrogens with zero attached hydrogens (tertiary/aromatic N) is 5. The molecular formula is C15H16ClN5OS3. The maximum Gasteiger partial charge on any atom is 0.233 e. The van der Waals surface area contributed by atoms with E-state index >= 15 is 0 Å². The summed E-state index contributed by atoms with van der Waals surface area (Å²) in [4.78, 5) is 16.3. The zero-order chi connectivity index (χ0) is 17.6. The highest BCUT2D eigenvalue weighted by Gasteiger charge is 2.14. The zero-order valence-corrected chi connectivity index (χ0v) is 16.7. The van der Waals surface area contributed by atoms with Crippen LogP contribution in [0.4, 0.5) is 0 Å². The van der Waals surface area contributed by atoms with Crippen LogP contribution in [-0.2, 0) is 24.3 Å². The van der Waals surface area contributed by atoms with Crippen molar-refractivity contribution in [2.75, 3.05) is 12.8 Å². The van der Waals surface area contributed by atoms with Crippen molar-refractivity contribution in [1.82, 2.24) is 25.1 Å². The molecule has 6 nitrogen and oxygen atoms in total. The third kappa shape index (κ3) is 5.27. The number of tetrazole rings is 1. The molecule has 0 spiro atoms. The molecule has 0 aromatic carbocycles. The molecule has 0 aliphatic carbocycles. The van der Waals surface area contributed by atoms with E-state index in [9.17, 15) is 4.79 Å². The summed E-state index contributed by atoms with van der Waals surface area (Å²) in [6.45, 7) is 1.26. The molecule has 25 heavy (non-hydrogen) atoms. The van der Waals surface area contributed by atoms with Gasteiger partial charge in [-0.25, -0.2) is 4.68 Å². The van der Waals surface area contributed by atoms with Crippen molar-refractivity contribution < 1.29 is 4.79 Å². The fourth-order valence-corrected chi connectivity index (χ4v) is 4.79. The van der Waals surface area contributed by atoms with Crippen molar-refractivity contribution in [2.45, 2.75) is 24.7 Å². The van der Waals surface area contributed by atoms with Gasteiger partial charge in [0.15, 0.2) is 0 Å². The first-order valence-electron chi connectivity index (χ1n) is 7.51. The second kappa shape index (κ2) is 8.79. The number of carbonyl (C=O) groups is 1. The molecule has 0 unspecified atom stereocenters.